The second-order valence-electron chi connectivity index (χ2n) is 7.05. The van der Waals surface area contributed by atoms with Crippen LogP contribution in [-0.2, 0) is 16.6 Å². The van der Waals surface area contributed by atoms with Gasteiger partial charge in [-0.05, 0) is 36.1 Å². The van der Waals surface area contributed by atoms with Crippen molar-refractivity contribution < 1.29 is 9.90 Å². The first-order valence-corrected chi connectivity index (χ1v) is 8.80. The van der Waals surface area contributed by atoms with Crippen molar-refractivity contribution in [3.05, 3.63) is 65.7 Å². The molecule has 3 atom stereocenters. The highest BCUT2D eigenvalue weighted by atomic mass is 35.5. The molecule has 1 amide bonds. The van der Waals surface area contributed by atoms with Gasteiger partial charge in [0.05, 0.1) is 6.54 Å². The molecule has 0 unspecified atom stereocenters. The maximum Gasteiger partial charge on any atom is 0.241 e. The van der Waals surface area contributed by atoms with Gasteiger partial charge in [-0.25, -0.2) is 0 Å². The molecular weight excluding hydrogens is 336 g/mol. The van der Waals surface area contributed by atoms with E-state index in [-0.39, 0.29) is 29.0 Å². The van der Waals surface area contributed by atoms with Crippen molar-refractivity contribution in [2.75, 3.05) is 6.54 Å². The van der Waals surface area contributed by atoms with E-state index in [2.05, 4.69) is 19.1 Å². The molecule has 5 heteroatoms. The summed E-state index contributed by atoms with van der Waals surface area (Å²) in [5, 5.41) is 9.31. The maximum absolute atomic E-state index is 12.6. The van der Waals surface area contributed by atoms with Crippen LogP contribution >= 0.6 is 11.8 Å². The average Bonchev–Trinajstić information content (AvgIpc) is 3.30. The summed E-state index contributed by atoms with van der Waals surface area (Å²) in [6.07, 6.45) is 1.41. The first-order valence-electron chi connectivity index (χ1n) is 8.46. The molecule has 1 saturated carbocycles. The fraction of sp³-hybridized carbons (Fsp3) is 0.350. The number of hydrogen-bond acceptors (Lipinski definition) is 3. The average molecular weight is 359 g/mol. The highest BCUT2D eigenvalue weighted by Crippen LogP contribution is 2.54. The molecule has 1 aliphatic rings. The molecule has 0 saturated heterocycles. The normalized spacial score (nSPS) is 23.1. The van der Waals surface area contributed by atoms with E-state index in [1.807, 2.05) is 30.3 Å². The van der Waals surface area contributed by atoms with Crippen LogP contribution in [0.4, 0.5) is 0 Å². The summed E-state index contributed by atoms with van der Waals surface area (Å²) in [6, 6.07) is 16.7. The van der Waals surface area contributed by atoms with Gasteiger partial charge in [0.25, 0.3) is 0 Å². The Balaban J connectivity index is 1.55. The molecule has 0 aliphatic heterocycles. The summed E-state index contributed by atoms with van der Waals surface area (Å²) < 4.78 is 1.24. The summed E-state index contributed by atoms with van der Waals surface area (Å²) in [6.45, 7) is 2.40. The molecule has 4 nitrogen and oxygen atoms in total. The van der Waals surface area contributed by atoms with Crippen molar-refractivity contribution in [3.8, 4) is 5.75 Å². The Hall–Kier alpha value is -2.04. The molecule has 1 aliphatic carbocycles. The molecule has 132 valence electrons. The Morgan fingerprint density at radius 1 is 1.28 bits per heavy atom. The fourth-order valence-electron chi connectivity index (χ4n) is 3.33. The number of rotatable bonds is 6. The number of amides is 1. The van der Waals surface area contributed by atoms with E-state index in [1.165, 1.54) is 9.98 Å². The SMILES string of the molecule is C[C@@]1(c2ccccc2)C[C@H]1C(=O)N(Cl)C[C@@H](N)Cc1ccc(O)cc1. The minimum absolute atomic E-state index is 0.0609. The molecule has 25 heavy (non-hydrogen) atoms. The van der Waals surface area contributed by atoms with E-state index in [1.54, 1.807) is 12.1 Å². The van der Waals surface area contributed by atoms with Crippen molar-refractivity contribution in [3.63, 3.8) is 0 Å². The Labute approximate surface area is 153 Å². The van der Waals surface area contributed by atoms with Gasteiger partial charge in [-0.2, -0.15) is 0 Å². The lowest BCUT2D eigenvalue weighted by atomic mass is 9.95. The quantitative estimate of drug-likeness (QED) is 0.779. The van der Waals surface area contributed by atoms with Crippen LogP contribution in [0.25, 0.3) is 0 Å². The fourth-order valence-corrected chi connectivity index (χ4v) is 3.62. The molecule has 3 rings (SSSR count). The largest absolute Gasteiger partial charge is 0.508 e. The summed E-state index contributed by atoms with van der Waals surface area (Å²) in [5.74, 6) is 0.0721. The van der Waals surface area contributed by atoms with E-state index in [0.29, 0.717) is 13.0 Å². The highest BCUT2D eigenvalue weighted by molar-refractivity contribution is 6.22. The molecule has 0 aromatic heterocycles. The summed E-state index contributed by atoms with van der Waals surface area (Å²) in [7, 11) is 0. The van der Waals surface area contributed by atoms with E-state index < -0.39 is 0 Å². The monoisotopic (exact) mass is 358 g/mol. The molecular formula is C20H23ClN2O2. The van der Waals surface area contributed by atoms with Crippen LogP contribution < -0.4 is 5.73 Å². The number of hydrogen-bond donors (Lipinski definition) is 2. The van der Waals surface area contributed by atoms with Gasteiger partial charge in [-0.1, -0.05) is 49.4 Å². The third-order valence-electron chi connectivity index (χ3n) is 5.04. The Morgan fingerprint density at radius 2 is 1.92 bits per heavy atom. The van der Waals surface area contributed by atoms with Gasteiger partial charge in [0.1, 0.15) is 5.75 Å². The zero-order chi connectivity index (χ0) is 18.0. The van der Waals surface area contributed by atoms with Gasteiger partial charge in [0.15, 0.2) is 0 Å². The second kappa shape index (κ2) is 7.06. The van der Waals surface area contributed by atoms with Crippen molar-refractivity contribution in [1.82, 2.24) is 4.42 Å². The van der Waals surface area contributed by atoms with Crippen LogP contribution in [0, 0.1) is 5.92 Å². The first-order chi connectivity index (χ1) is 11.9. The number of aromatic hydroxyl groups is 1. The summed E-state index contributed by atoms with van der Waals surface area (Å²) >= 11 is 6.23. The van der Waals surface area contributed by atoms with Gasteiger partial charge in [0, 0.05) is 29.2 Å². The van der Waals surface area contributed by atoms with Crippen molar-refractivity contribution in [2.45, 2.75) is 31.2 Å². The predicted molar refractivity (Wildman–Crippen MR) is 99.3 cm³/mol. The molecule has 3 N–H and O–H groups in total. The minimum atomic E-state index is -0.257. The molecule has 0 bridgehead atoms. The first kappa shape index (κ1) is 17.8. The Kier molecular flexibility index (Phi) is 5.02. The van der Waals surface area contributed by atoms with Crippen molar-refractivity contribution in [2.24, 2.45) is 11.7 Å². The molecule has 2 aromatic rings. The smallest absolute Gasteiger partial charge is 0.241 e. The third kappa shape index (κ3) is 3.97. The van der Waals surface area contributed by atoms with Crippen molar-refractivity contribution in [1.29, 1.82) is 0 Å². The minimum Gasteiger partial charge on any atom is -0.508 e. The molecule has 0 heterocycles. The number of benzene rings is 2. The lowest BCUT2D eigenvalue weighted by molar-refractivity contribution is -0.128. The predicted octanol–water partition coefficient (Wildman–Crippen LogP) is 3.22. The zero-order valence-corrected chi connectivity index (χ0v) is 15.0. The number of nitrogens with two attached hydrogens (primary N) is 1. The van der Waals surface area contributed by atoms with Crippen LogP contribution in [0.2, 0.25) is 0 Å². The number of halogens is 1. The van der Waals surface area contributed by atoms with Gasteiger partial charge in [0.2, 0.25) is 5.91 Å². The lowest BCUT2D eigenvalue weighted by Crippen LogP contribution is -2.38. The van der Waals surface area contributed by atoms with E-state index >= 15 is 0 Å². The number of phenols is 1. The van der Waals surface area contributed by atoms with Gasteiger partial charge in [-0.15, -0.1) is 0 Å². The van der Waals surface area contributed by atoms with Crippen molar-refractivity contribution >= 4 is 17.7 Å². The number of carbonyl (C=O) groups is 1. The molecule has 1 fully saturated rings. The summed E-state index contributed by atoms with van der Waals surface area (Å²) in [4.78, 5) is 12.6. The van der Waals surface area contributed by atoms with Crippen LogP contribution in [0.15, 0.2) is 54.6 Å². The topological polar surface area (TPSA) is 66.6 Å². The number of carbonyl (C=O) groups excluding carboxylic acids is 1. The number of phenolic OH excluding ortho intramolecular Hbond substituents is 1. The highest BCUT2D eigenvalue weighted by Gasteiger charge is 2.56. The molecule has 2 aromatic carbocycles. The van der Waals surface area contributed by atoms with E-state index in [4.69, 9.17) is 17.5 Å². The zero-order valence-electron chi connectivity index (χ0n) is 14.2. The third-order valence-corrected chi connectivity index (χ3v) is 5.34. The van der Waals surface area contributed by atoms with Gasteiger partial charge >= 0.3 is 0 Å². The molecule has 0 radical (unpaired) electrons. The van der Waals surface area contributed by atoms with Crippen LogP contribution in [0.3, 0.4) is 0 Å². The van der Waals surface area contributed by atoms with E-state index in [0.717, 1.165) is 12.0 Å². The second-order valence-corrected chi connectivity index (χ2v) is 7.46. The van der Waals surface area contributed by atoms with Crippen LogP contribution in [0.5, 0.6) is 5.75 Å². The van der Waals surface area contributed by atoms with Crippen LogP contribution in [-0.4, -0.2) is 28.0 Å². The standard InChI is InChI=1S/C20H23ClN2O2/c1-20(15-5-3-2-4-6-15)12-18(20)19(25)23(21)13-16(22)11-14-7-9-17(24)10-8-14/h2-10,16,18,24H,11-13,22H2,1H3/t16-,18-,20-/m0/s1. The lowest BCUT2D eigenvalue weighted by Gasteiger charge is -2.20. The van der Waals surface area contributed by atoms with E-state index in [9.17, 15) is 9.90 Å². The molecule has 0 spiro atoms. The maximum atomic E-state index is 12.6. The Bertz CT molecular complexity index is 735. The van der Waals surface area contributed by atoms with Gasteiger partial charge in [-0.3, -0.25) is 9.21 Å². The van der Waals surface area contributed by atoms with Crippen LogP contribution in [0.1, 0.15) is 24.5 Å². The van der Waals surface area contributed by atoms with Gasteiger partial charge < -0.3 is 10.8 Å². The number of nitrogens with zero attached hydrogens (tertiary/aromatic N) is 1. The summed E-state index contributed by atoms with van der Waals surface area (Å²) in [5.41, 5.74) is 8.18. The Morgan fingerprint density at radius 3 is 2.56 bits per heavy atom.